The molecule has 0 unspecified atom stereocenters. The average Bonchev–Trinajstić information content (AvgIpc) is 1.94. The largest absolute Gasteiger partial charge is 0.379 e. The normalized spacial score (nSPS) is 20.5. The minimum atomic E-state index is 0.402. The van der Waals surface area contributed by atoms with Gasteiger partial charge in [-0.05, 0) is 6.08 Å². The quantitative estimate of drug-likeness (QED) is 0.425. The number of nitrogens with zero attached hydrogens (tertiary/aromatic N) is 1. The van der Waals surface area contributed by atoms with Gasteiger partial charge in [0.1, 0.15) is 6.29 Å². The van der Waals surface area contributed by atoms with Crippen molar-refractivity contribution < 1.29 is 9.53 Å². The fourth-order valence-corrected chi connectivity index (χ4v) is 1.09. The number of hydrogen-bond acceptors (Lipinski definition) is 3. The van der Waals surface area contributed by atoms with Gasteiger partial charge in [-0.3, -0.25) is 9.69 Å². The third-order valence-electron chi connectivity index (χ3n) is 1.84. The highest BCUT2D eigenvalue weighted by atomic mass is 16.5. The van der Waals surface area contributed by atoms with Gasteiger partial charge in [-0.25, -0.2) is 0 Å². The number of ether oxygens (including phenoxy) is 1. The van der Waals surface area contributed by atoms with E-state index < -0.39 is 0 Å². The summed E-state index contributed by atoms with van der Waals surface area (Å²) in [5, 5.41) is 0. The molecule has 1 heterocycles. The third kappa shape index (κ3) is 2.44. The van der Waals surface area contributed by atoms with Crippen LogP contribution in [0.4, 0.5) is 0 Å². The smallest absolute Gasteiger partial charge is 0.142 e. The van der Waals surface area contributed by atoms with Crippen LogP contribution in [0.15, 0.2) is 12.2 Å². The molecule has 1 aliphatic heterocycles. The zero-order chi connectivity index (χ0) is 8.10. The summed E-state index contributed by atoms with van der Waals surface area (Å²) >= 11 is 0. The van der Waals surface area contributed by atoms with Crippen LogP contribution in [0.5, 0.6) is 0 Å². The van der Waals surface area contributed by atoms with E-state index in [4.69, 9.17) is 4.74 Å². The molecule has 0 spiro atoms. The van der Waals surface area contributed by atoms with E-state index in [1.807, 2.05) is 6.08 Å². The Kier molecular flexibility index (Phi) is 3.26. The van der Waals surface area contributed by atoms with Crippen LogP contribution in [0.25, 0.3) is 0 Å². The number of hydrogen-bond donors (Lipinski definition) is 0. The minimum absolute atomic E-state index is 0.402. The van der Waals surface area contributed by atoms with Crippen LogP contribution in [-0.2, 0) is 9.53 Å². The van der Waals surface area contributed by atoms with E-state index >= 15 is 0 Å². The molecular formula is C8H13NO2. The molecule has 1 fully saturated rings. The Morgan fingerprint density at radius 1 is 1.64 bits per heavy atom. The summed E-state index contributed by atoms with van der Waals surface area (Å²) in [6.07, 6.45) is 4.59. The van der Waals surface area contributed by atoms with Crippen LogP contribution < -0.4 is 0 Å². The molecule has 3 heteroatoms. The third-order valence-corrected chi connectivity index (χ3v) is 1.84. The first-order chi connectivity index (χ1) is 5.36. The summed E-state index contributed by atoms with van der Waals surface area (Å²) in [6, 6.07) is 0. The van der Waals surface area contributed by atoms with Gasteiger partial charge in [0.05, 0.1) is 6.10 Å². The molecule has 0 aromatic rings. The van der Waals surface area contributed by atoms with E-state index in [1.165, 1.54) is 6.08 Å². The Morgan fingerprint density at radius 3 is 2.91 bits per heavy atom. The topological polar surface area (TPSA) is 29.5 Å². The maximum absolute atomic E-state index is 9.88. The molecule has 1 aliphatic rings. The van der Waals surface area contributed by atoms with Crippen molar-refractivity contribution in [3.63, 3.8) is 0 Å². The summed E-state index contributed by atoms with van der Waals surface area (Å²) < 4.78 is 5.09. The molecule has 62 valence electrons. The van der Waals surface area contributed by atoms with E-state index in [1.54, 1.807) is 7.11 Å². The number of aldehydes is 1. The molecule has 3 nitrogen and oxygen atoms in total. The van der Waals surface area contributed by atoms with Crippen molar-refractivity contribution in [1.82, 2.24) is 4.90 Å². The number of likely N-dealkylation sites (tertiary alicyclic amines) is 1. The second kappa shape index (κ2) is 4.26. The molecule has 0 aliphatic carbocycles. The Morgan fingerprint density at radius 2 is 2.36 bits per heavy atom. The highest BCUT2D eigenvalue weighted by Crippen LogP contribution is 2.09. The summed E-state index contributed by atoms with van der Waals surface area (Å²) in [6.45, 7) is 2.83. The number of carbonyl (C=O) groups is 1. The molecule has 0 radical (unpaired) electrons. The molecule has 1 saturated heterocycles. The van der Waals surface area contributed by atoms with Crippen molar-refractivity contribution in [3.8, 4) is 0 Å². The first kappa shape index (κ1) is 8.43. The second-order valence-electron chi connectivity index (χ2n) is 2.64. The van der Waals surface area contributed by atoms with Gasteiger partial charge in [-0.1, -0.05) is 6.08 Å². The van der Waals surface area contributed by atoms with Crippen molar-refractivity contribution >= 4 is 6.29 Å². The molecule has 0 aromatic carbocycles. The molecule has 1 rings (SSSR count). The Balaban J connectivity index is 2.04. The molecule has 0 saturated carbocycles. The lowest BCUT2D eigenvalue weighted by molar-refractivity contribution is -0.104. The van der Waals surface area contributed by atoms with Gasteiger partial charge in [-0.15, -0.1) is 0 Å². The molecule has 11 heavy (non-hydrogen) atoms. The van der Waals surface area contributed by atoms with Gasteiger partial charge < -0.3 is 4.74 Å². The van der Waals surface area contributed by atoms with Gasteiger partial charge in [0.25, 0.3) is 0 Å². The molecular weight excluding hydrogens is 142 g/mol. The maximum atomic E-state index is 9.88. The van der Waals surface area contributed by atoms with Gasteiger partial charge in [0, 0.05) is 26.7 Å². The number of methoxy groups -OCH3 is 1. The monoisotopic (exact) mass is 155 g/mol. The fourth-order valence-electron chi connectivity index (χ4n) is 1.09. The highest BCUT2D eigenvalue weighted by molar-refractivity contribution is 5.64. The van der Waals surface area contributed by atoms with Crippen LogP contribution in [0.2, 0.25) is 0 Å². The van der Waals surface area contributed by atoms with Gasteiger partial charge in [0.15, 0.2) is 0 Å². The zero-order valence-corrected chi connectivity index (χ0v) is 6.69. The lowest BCUT2D eigenvalue weighted by Gasteiger charge is -2.37. The predicted octanol–water partition coefficient (Wildman–Crippen LogP) is 0.0721. The van der Waals surface area contributed by atoms with Crippen molar-refractivity contribution in [1.29, 1.82) is 0 Å². The average molecular weight is 155 g/mol. The van der Waals surface area contributed by atoms with Crippen molar-refractivity contribution in [2.24, 2.45) is 0 Å². The summed E-state index contributed by atoms with van der Waals surface area (Å²) in [4.78, 5) is 12.1. The second-order valence-corrected chi connectivity index (χ2v) is 2.64. The summed E-state index contributed by atoms with van der Waals surface area (Å²) in [7, 11) is 1.73. The SMILES string of the molecule is COC1CN(CC=CC=O)C1. The lowest BCUT2D eigenvalue weighted by Crippen LogP contribution is -2.51. The Bertz CT molecular complexity index is 150. The Hall–Kier alpha value is -0.670. The molecule has 0 N–H and O–H groups in total. The van der Waals surface area contributed by atoms with Crippen LogP contribution >= 0.6 is 0 Å². The van der Waals surface area contributed by atoms with Crippen molar-refractivity contribution in [2.45, 2.75) is 6.10 Å². The van der Waals surface area contributed by atoms with E-state index in [-0.39, 0.29) is 0 Å². The zero-order valence-electron chi connectivity index (χ0n) is 6.69. The van der Waals surface area contributed by atoms with Gasteiger partial charge in [-0.2, -0.15) is 0 Å². The highest BCUT2D eigenvalue weighted by Gasteiger charge is 2.24. The maximum Gasteiger partial charge on any atom is 0.142 e. The van der Waals surface area contributed by atoms with Crippen LogP contribution in [0.1, 0.15) is 0 Å². The minimum Gasteiger partial charge on any atom is -0.379 e. The first-order valence-corrected chi connectivity index (χ1v) is 3.72. The first-order valence-electron chi connectivity index (χ1n) is 3.72. The molecule has 0 aromatic heterocycles. The standard InChI is InChI=1S/C8H13NO2/c1-11-8-6-9(7-8)4-2-3-5-10/h2-3,5,8H,4,6-7H2,1H3. The van der Waals surface area contributed by atoms with Crippen LogP contribution in [0, 0.1) is 0 Å². The summed E-state index contributed by atoms with van der Waals surface area (Å²) in [5.41, 5.74) is 0. The van der Waals surface area contributed by atoms with Crippen molar-refractivity contribution in [2.75, 3.05) is 26.7 Å². The number of rotatable bonds is 4. The lowest BCUT2D eigenvalue weighted by atomic mass is 10.2. The van der Waals surface area contributed by atoms with Crippen LogP contribution in [0.3, 0.4) is 0 Å². The summed E-state index contributed by atoms with van der Waals surface area (Å²) in [5.74, 6) is 0. The van der Waals surface area contributed by atoms with E-state index in [9.17, 15) is 4.79 Å². The van der Waals surface area contributed by atoms with Gasteiger partial charge in [0.2, 0.25) is 0 Å². The van der Waals surface area contributed by atoms with E-state index in [2.05, 4.69) is 4.90 Å². The van der Waals surface area contributed by atoms with E-state index in [0.717, 1.165) is 25.9 Å². The number of carbonyl (C=O) groups excluding carboxylic acids is 1. The van der Waals surface area contributed by atoms with Gasteiger partial charge >= 0.3 is 0 Å². The Labute approximate surface area is 66.6 Å². The number of allylic oxidation sites excluding steroid dienone is 1. The molecule has 0 bridgehead atoms. The van der Waals surface area contributed by atoms with Crippen molar-refractivity contribution in [3.05, 3.63) is 12.2 Å². The fraction of sp³-hybridized carbons (Fsp3) is 0.625. The predicted molar refractivity (Wildman–Crippen MR) is 42.4 cm³/mol. The van der Waals surface area contributed by atoms with Crippen LogP contribution in [-0.4, -0.2) is 44.0 Å². The molecule has 0 atom stereocenters. The molecule has 0 amide bonds. The van der Waals surface area contributed by atoms with E-state index in [0.29, 0.717) is 6.10 Å².